The summed E-state index contributed by atoms with van der Waals surface area (Å²) in [6, 6.07) is 6.16. The van der Waals surface area contributed by atoms with E-state index in [1.165, 1.54) is 5.56 Å². The van der Waals surface area contributed by atoms with E-state index in [-0.39, 0.29) is 0 Å². The fraction of sp³-hybridized carbons (Fsp3) is 0.214. The number of benzene rings is 1. The van der Waals surface area contributed by atoms with Crippen molar-refractivity contribution in [2.75, 3.05) is 5.32 Å². The van der Waals surface area contributed by atoms with E-state index < -0.39 is 0 Å². The molecule has 0 aliphatic carbocycles. The number of rotatable bonds is 2. The van der Waals surface area contributed by atoms with Gasteiger partial charge in [-0.15, -0.1) is 10.2 Å². The van der Waals surface area contributed by atoms with Crippen molar-refractivity contribution < 1.29 is 0 Å². The van der Waals surface area contributed by atoms with Gasteiger partial charge < -0.3 is 5.32 Å². The van der Waals surface area contributed by atoms with Crippen molar-refractivity contribution in [3.63, 3.8) is 0 Å². The largest absolute Gasteiger partial charge is 0.314 e. The molecule has 0 atom stereocenters. The first kappa shape index (κ1) is 13.3. The molecule has 20 heavy (non-hydrogen) atoms. The molecule has 0 fully saturated rings. The monoisotopic (exact) mass is 304 g/mol. The van der Waals surface area contributed by atoms with Gasteiger partial charge in [0.2, 0.25) is 0 Å². The molecule has 3 rings (SSSR count). The fourth-order valence-corrected chi connectivity index (χ4v) is 3.06. The normalized spacial score (nSPS) is 11.0. The van der Waals surface area contributed by atoms with Gasteiger partial charge in [0.05, 0.1) is 10.2 Å². The van der Waals surface area contributed by atoms with E-state index in [1.807, 2.05) is 19.9 Å². The van der Waals surface area contributed by atoms with E-state index >= 15 is 0 Å². The van der Waals surface area contributed by atoms with Crippen LogP contribution in [0.15, 0.2) is 18.2 Å². The van der Waals surface area contributed by atoms with Crippen molar-refractivity contribution >= 4 is 44.1 Å². The Morgan fingerprint density at radius 1 is 1.10 bits per heavy atom. The molecule has 1 N–H and O–H groups in total. The summed E-state index contributed by atoms with van der Waals surface area (Å²) in [5, 5.41) is 12.5. The van der Waals surface area contributed by atoms with Crippen LogP contribution in [0.3, 0.4) is 0 Å². The van der Waals surface area contributed by atoms with Gasteiger partial charge in [-0.1, -0.05) is 35.1 Å². The van der Waals surface area contributed by atoms with E-state index in [0.29, 0.717) is 11.0 Å². The minimum absolute atomic E-state index is 0.438. The lowest BCUT2D eigenvalue weighted by atomic mass is 10.2. The number of fused-ring (bicyclic) bond motifs is 1. The van der Waals surface area contributed by atoms with Gasteiger partial charge in [0.1, 0.15) is 0 Å². The van der Waals surface area contributed by atoms with E-state index in [0.717, 1.165) is 26.5 Å². The lowest BCUT2D eigenvalue weighted by Crippen LogP contribution is -2.00. The van der Waals surface area contributed by atoms with Crippen molar-refractivity contribution in [3.8, 4) is 0 Å². The average molecular weight is 305 g/mol. The average Bonchev–Trinajstić information content (AvgIpc) is 2.84. The van der Waals surface area contributed by atoms with Gasteiger partial charge in [0.15, 0.2) is 16.1 Å². The summed E-state index contributed by atoms with van der Waals surface area (Å²) < 4.78 is 1.16. The highest BCUT2D eigenvalue weighted by atomic mass is 35.5. The molecule has 0 saturated carbocycles. The summed E-state index contributed by atoms with van der Waals surface area (Å²) in [7, 11) is 0. The zero-order chi connectivity index (χ0) is 14.3. The van der Waals surface area contributed by atoms with Crippen molar-refractivity contribution in [2.45, 2.75) is 20.8 Å². The number of nitrogens with one attached hydrogen (secondary N) is 1. The molecule has 0 amide bonds. The van der Waals surface area contributed by atoms with E-state index in [4.69, 9.17) is 11.6 Å². The third-order valence-corrected chi connectivity index (χ3v) is 4.61. The SMILES string of the molecule is Cc1c(Cl)nnc(Nc2nc3c(C)cccc3s2)c1C. The number of hydrogen-bond acceptors (Lipinski definition) is 5. The lowest BCUT2D eigenvalue weighted by Gasteiger charge is -2.07. The van der Waals surface area contributed by atoms with Crippen LogP contribution >= 0.6 is 22.9 Å². The van der Waals surface area contributed by atoms with Gasteiger partial charge in [-0.2, -0.15) is 0 Å². The maximum absolute atomic E-state index is 5.96. The third kappa shape index (κ3) is 2.23. The molecule has 1 aromatic carbocycles. The first-order valence-electron chi connectivity index (χ1n) is 6.19. The van der Waals surface area contributed by atoms with Crippen LogP contribution < -0.4 is 5.32 Å². The van der Waals surface area contributed by atoms with Gasteiger partial charge in [-0.05, 0) is 43.5 Å². The highest BCUT2D eigenvalue weighted by molar-refractivity contribution is 7.22. The van der Waals surface area contributed by atoms with Gasteiger partial charge in [0.25, 0.3) is 0 Å². The number of hydrogen-bond donors (Lipinski definition) is 1. The Kier molecular flexibility index (Phi) is 3.31. The molecular formula is C14H13ClN4S. The van der Waals surface area contributed by atoms with Crippen LogP contribution in [-0.2, 0) is 0 Å². The fourth-order valence-electron chi connectivity index (χ4n) is 1.94. The topological polar surface area (TPSA) is 50.7 Å². The molecule has 102 valence electrons. The zero-order valence-corrected chi connectivity index (χ0v) is 12.9. The minimum Gasteiger partial charge on any atom is -0.314 e. The Morgan fingerprint density at radius 3 is 2.65 bits per heavy atom. The number of aromatic nitrogens is 3. The first-order valence-corrected chi connectivity index (χ1v) is 7.38. The quantitative estimate of drug-likeness (QED) is 0.762. The predicted molar refractivity (Wildman–Crippen MR) is 84.2 cm³/mol. The number of nitrogens with zero attached hydrogens (tertiary/aromatic N) is 3. The van der Waals surface area contributed by atoms with Gasteiger partial charge in [-0.25, -0.2) is 4.98 Å². The smallest absolute Gasteiger partial charge is 0.189 e. The molecule has 0 aliphatic rings. The first-order chi connectivity index (χ1) is 9.56. The molecule has 0 bridgehead atoms. The van der Waals surface area contributed by atoms with Crippen LogP contribution in [-0.4, -0.2) is 15.2 Å². The Hall–Kier alpha value is -1.72. The standard InChI is InChI=1S/C14H13ClN4S/c1-7-5-4-6-10-11(7)16-14(20-10)17-13-9(3)8(2)12(15)18-19-13/h4-6H,1-3H3,(H,16,17,19). The molecule has 3 aromatic rings. The number of aryl methyl sites for hydroxylation is 1. The Morgan fingerprint density at radius 2 is 1.90 bits per heavy atom. The summed E-state index contributed by atoms with van der Waals surface area (Å²) in [5.74, 6) is 0.698. The van der Waals surface area contributed by atoms with Gasteiger partial charge in [-0.3, -0.25) is 0 Å². The van der Waals surface area contributed by atoms with Crippen LogP contribution in [0.1, 0.15) is 16.7 Å². The van der Waals surface area contributed by atoms with Crippen LogP contribution in [0.25, 0.3) is 10.2 Å². The van der Waals surface area contributed by atoms with Crippen molar-refractivity contribution in [1.82, 2.24) is 15.2 Å². The Balaban J connectivity index is 2.01. The summed E-state index contributed by atoms with van der Waals surface area (Å²) in [5.41, 5.74) is 4.11. The molecular weight excluding hydrogens is 292 g/mol. The van der Waals surface area contributed by atoms with E-state index in [9.17, 15) is 0 Å². The number of halogens is 1. The molecule has 2 heterocycles. The Bertz CT molecular complexity index is 797. The Labute approximate surface area is 125 Å². The van der Waals surface area contributed by atoms with Crippen molar-refractivity contribution in [2.24, 2.45) is 0 Å². The molecule has 0 unspecified atom stereocenters. The number of para-hydroxylation sites is 1. The molecule has 0 saturated heterocycles. The zero-order valence-electron chi connectivity index (χ0n) is 11.4. The summed E-state index contributed by atoms with van der Waals surface area (Å²) in [4.78, 5) is 4.61. The lowest BCUT2D eigenvalue weighted by molar-refractivity contribution is 1.00. The molecule has 4 nitrogen and oxygen atoms in total. The minimum atomic E-state index is 0.438. The van der Waals surface area contributed by atoms with Crippen LogP contribution in [0.2, 0.25) is 5.15 Å². The highest BCUT2D eigenvalue weighted by Gasteiger charge is 2.11. The molecule has 0 aliphatic heterocycles. The second-order valence-electron chi connectivity index (χ2n) is 4.66. The predicted octanol–water partition coefficient (Wildman–Crippen LogP) is 4.41. The van der Waals surface area contributed by atoms with Crippen LogP contribution in [0.5, 0.6) is 0 Å². The van der Waals surface area contributed by atoms with Gasteiger partial charge in [0, 0.05) is 0 Å². The van der Waals surface area contributed by atoms with Crippen LogP contribution in [0.4, 0.5) is 10.9 Å². The van der Waals surface area contributed by atoms with Crippen molar-refractivity contribution in [1.29, 1.82) is 0 Å². The van der Waals surface area contributed by atoms with E-state index in [1.54, 1.807) is 11.3 Å². The number of thiazole rings is 1. The maximum atomic E-state index is 5.96. The summed E-state index contributed by atoms with van der Waals surface area (Å²) in [6.45, 7) is 5.96. The number of anilines is 2. The molecule has 6 heteroatoms. The second kappa shape index (κ2) is 5.00. The van der Waals surface area contributed by atoms with Crippen molar-refractivity contribution in [3.05, 3.63) is 40.0 Å². The summed E-state index contributed by atoms with van der Waals surface area (Å²) in [6.07, 6.45) is 0. The highest BCUT2D eigenvalue weighted by Crippen LogP contribution is 2.31. The maximum Gasteiger partial charge on any atom is 0.189 e. The second-order valence-corrected chi connectivity index (χ2v) is 6.04. The van der Waals surface area contributed by atoms with Gasteiger partial charge >= 0.3 is 0 Å². The molecule has 2 aromatic heterocycles. The molecule has 0 spiro atoms. The summed E-state index contributed by atoms with van der Waals surface area (Å²) >= 11 is 7.56. The van der Waals surface area contributed by atoms with E-state index in [2.05, 4.69) is 39.6 Å². The van der Waals surface area contributed by atoms with Crippen LogP contribution in [0, 0.1) is 20.8 Å². The third-order valence-electron chi connectivity index (χ3n) is 3.31. The molecule has 0 radical (unpaired) electrons.